The summed E-state index contributed by atoms with van der Waals surface area (Å²) >= 11 is -8.80. The number of fused-ring (bicyclic) bond motifs is 10. The van der Waals surface area contributed by atoms with Gasteiger partial charge < -0.3 is 0 Å². The van der Waals surface area contributed by atoms with Crippen LogP contribution in [0.15, 0.2) is 97.1 Å². The molecule has 0 bridgehead atoms. The van der Waals surface area contributed by atoms with Crippen LogP contribution in [-0.4, -0.2) is 44.1 Å². The van der Waals surface area contributed by atoms with E-state index in [1.54, 1.807) is 0 Å². The summed E-state index contributed by atoms with van der Waals surface area (Å²) in [4.78, 5) is 0. The summed E-state index contributed by atoms with van der Waals surface area (Å²) in [6.45, 7) is 0. The minimum absolute atomic E-state index is 0.0462. The molecule has 1 spiro atoms. The fraction of sp³-hybridized carbons (Fsp3) is 0.0769. The van der Waals surface area contributed by atoms with Crippen LogP contribution < -0.4 is 14.4 Å². The Morgan fingerprint density at radius 1 is 0.439 bits per heavy atom. The predicted molar refractivity (Wildman–Crippen MR) is 140 cm³/mol. The Morgan fingerprint density at radius 3 is 0.878 bits per heavy atom. The molecule has 0 N–H and O–H groups in total. The maximum absolute atomic E-state index is 14.4. The van der Waals surface area contributed by atoms with E-state index in [1.807, 2.05) is 0 Å². The van der Waals surface area contributed by atoms with Crippen LogP contribution in [0.1, 0.15) is 0 Å². The Labute approximate surface area is 228 Å². The molecular formula is C26H16F6O6S2Te. The van der Waals surface area contributed by atoms with Crippen LogP contribution in [0.2, 0.25) is 0 Å². The van der Waals surface area contributed by atoms with Crippen LogP contribution in [0.3, 0.4) is 0 Å². The van der Waals surface area contributed by atoms with Gasteiger partial charge in [-0.25, -0.2) is 0 Å². The van der Waals surface area contributed by atoms with E-state index in [-0.39, 0.29) is 22.3 Å². The second-order valence-corrected chi connectivity index (χ2v) is 27.3. The zero-order chi connectivity index (χ0) is 29.8. The Hall–Kier alpha value is -2.93. The number of rotatable bonds is 4. The first kappa shape index (κ1) is 28.2. The van der Waals surface area contributed by atoms with Crippen LogP contribution in [0.5, 0.6) is 0 Å². The molecule has 0 fully saturated rings. The SMILES string of the molecule is O=S(=O)(O[Te]12(OS(=O)(=O)C(F)(F)F)(c3ccccc3-c3ccccc31)c1ccccc1-c1ccccc12)C(F)(F)F. The molecular weight excluding hydrogens is 714 g/mol. The van der Waals surface area contributed by atoms with E-state index in [0.29, 0.717) is 0 Å². The van der Waals surface area contributed by atoms with Gasteiger partial charge in [0.1, 0.15) is 0 Å². The van der Waals surface area contributed by atoms with Crippen molar-refractivity contribution in [3.05, 3.63) is 97.1 Å². The van der Waals surface area contributed by atoms with Crippen LogP contribution in [-0.2, 0) is 25.3 Å². The van der Waals surface area contributed by atoms with Crippen molar-refractivity contribution in [2.75, 3.05) is 0 Å². The molecule has 0 aliphatic carbocycles. The van der Waals surface area contributed by atoms with Crippen molar-refractivity contribution in [1.29, 1.82) is 0 Å². The standard InChI is InChI=1S/C26H16F6O6S2Te/c27-25(28,29)39(33,34)37-41(38-40(35,36)26(30,31)32,21-13-5-1-9-17(21)18-10-2-6-14-22(18)41)23-15-7-3-11-19(23)20-12-4-8-16-24(20)41/h1-16H. The molecule has 6 rings (SSSR count). The summed E-state index contributed by atoms with van der Waals surface area (Å²) in [5.41, 5.74) is -12.6. The van der Waals surface area contributed by atoms with Crippen molar-refractivity contribution in [3.8, 4) is 22.3 Å². The zero-order valence-electron chi connectivity index (χ0n) is 20.2. The molecule has 0 atom stereocenters. The van der Waals surface area contributed by atoms with Crippen molar-refractivity contribution in [3.63, 3.8) is 0 Å². The fourth-order valence-electron chi connectivity index (χ4n) is 5.93. The molecule has 0 radical (unpaired) electrons. The third-order valence-electron chi connectivity index (χ3n) is 7.24. The fourth-order valence-corrected chi connectivity index (χ4v) is 38.3. The molecule has 41 heavy (non-hydrogen) atoms. The topological polar surface area (TPSA) is 86.7 Å². The molecule has 0 amide bonds. The van der Waals surface area contributed by atoms with E-state index in [4.69, 9.17) is 5.09 Å². The molecule has 0 unspecified atom stereocenters. The Morgan fingerprint density at radius 2 is 0.659 bits per heavy atom. The molecule has 2 aliphatic rings. The average molecular weight is 730 g/mol. The first-order valence-corrected chi connectivity index (χ1v) is 20.9. The van der Waals surface area contributed by atoms with Gasteiger partial charge >= 0.3 is 230 Å². The van der Waals surface area contributed by atoms with Crippen molar-refractivity contribution in [2.24, 2.45) is 0 Å². The summed E-state index contributed by atoms with van der Waals surface area (Å²) in [6.07, 6.45) is 0. The molecule has 15 heteroatoms. The molecule has 4 aromatic carbocycles. The summed E-state index contributed by atoms with van der Waals surface area (Å²) < 4.78 is 148. The quantitative estimate of drug-likeness (QED) is 0.181. The zero-order valence-corrected chi connectivity index (χ0v) is 24.1. The summed E-state index contributed by atoms with van der Waals surface area (Å²) in [5.74, 6) is 0. The van der Waals surface area contributed by atoms with Gasteiger partial charge in [0.2, 0.25) is 0 Å². The molecule has 2 heterocycles. The minimum atomic E-state index is -8.80. The van der Waals surface area contributed by atoms with Crippen molar-refractivity contribution >= 4 is 50.9 Å². The molecule has 0 saturated heterocycles. The molecule has 216 valence electrons. The van der Waals surface area contributed by atoms with Gasteiger partial charge in [0, 0.05) is 0 Å². The number of hydrogen-bond donors (Lipinski definition) is 0. The second kappa shape index (κ2) is 7.91. The van der Waals surface area contributed by atoms with E-state index >= 15 is 0 Å². The van der Waals surface area contributed by atoms with Crippen LogP contribution >= 0.6 is 0 Å². The van der Waals surface area contributed by atoms with Gasteiger partial charge in [-0.2, -0.15) is 0 Å². The Bertz CT molecular complexity index is 1770. The van der Waals surface area contributed by atoms with E-state index in [1.165, 1.54) is 72.8 Å². The van der Waals surface area contributed by atoms with Gasteiger partial charge in [-0.3, -0.25) is 0 Å². The number of alkyl halides is 6. The number of benzene rings is 4. The first-order chi connectivity index (χ1) is 19.0. The predicted octanol–water partition coefficient (Wildman–Crippen LogP) is 3.66. The van der Waals surface area contributed by atoms with Crippen LogP contribution in [0.25, 0.3) is 22.3 Å². The van der Waals surface area contributed by atoms with Crippen LogP contribution in [0, 0.1) is 0 Å². The van der Waals surface area contributed by atoms with Crippen molar-refractivity contribution in [2.45, 2.75) is 11.0 Å². The van der Waals surface area contributed by atoms with Crippen molar-refractivity contribution < 1.29 is 48.3 Å². The van der Waals surface area contributed by atoms with E-state index in [2.05, 4.69) is 0 Å². The molecule has 4 aromatic rings. The summed E-state index contributed by atoms with van der Waals surface area (Å²) in [7, 11) is -13.8. The summed E-state index contributed by atoms with van der Waals surface area (Å²) in [6, 6.07) is 20.2. The number of hydrogen-bond acceptors (Lipinski definition) is 6. The summed E-state index contributed by atoms with van der Waals surface area (Å²) in [5, 5.41) is 0. The number of halogens is 6. The van der Waals surface area contributed by atoms with Gasteiger partial charge in [-0.15, -0.1) is 0 Å². The van der Waals surface area contributed by atoms with Gasteiger partial charge in [0.15, 0.2) is 0 Å². The maximum atomic E-state index is 14.4. The Balaban J connectivity index is 2.08. The first-order valence-electron chi connectivity index (χ1n) is 11.5. The molecule has 6 nitrogen and oxygen atoms in total. The monoisotopic (exact) mass is 732 g/mol. The van der Waals surface area contributed by atoms with Gasteiger partial charge in [0.25, 0.3) is 0 Å². The van der Waals surface area contributed by atoms with Crippen molar-refractivity contribution in [1.82, 2.24) is 0 Å². The van der Waals surface area contributed by atoms with E-state index in [0.717, 1.165) is 24.3 Å². The van der Waals surface area contributed by atoms with Gasteiger partial charge in [-0.1, -0.05) is 0 Å². The van der Waals surface area contributed by atoms with E-state index in [9.17, 15) is 43.2 Å². The third kappa shape index (κ3) is 3.01. The van der Waals surface area contributed by atoms with E-state index < -0.39 is 62.0 Å². The third-order valence-corrected chi connectivity index (χ3v) is 33.8. The second-order valence-electron chi connectivity index (χ2n) is 9.27. The van der Waals surface area contributed by atoms with Gasteiger partial charge in [-0.05, 0) is 0 Å². The average Bonchev–Trinajstić information content (AvgIpc) is 3.26. The van der Waals surface area contributed by atoms with Crippen LogP contribution in [0.4, 0.5) is 26.3 Å². The molecule has 0 saturated carbocycles. The molecule has 0 aromatic heterocycles. The normalized spacial score (nSPS) is 19.6. The van der Waals surface area contributed by atoms with Gasteiger partial charge in [0.05, 0.1) is 0 Å². The Kier molecular flexibility index (Phi) is 5.44. The molecule has 2 aliphatic heterocycles.